The van der Waals surface area contributed by atoms with Crippen LogP contribution in [0.2, 0.25) is 0 Å². The molecule has 0 aliphatic carbocycles. The number of aliphatic imine (C=N–C) groups is 1. The van der Waals surface area contributed by atoms with Crippen molar-refractivity contribution < 1.29 is 4.79 Å². The van der Waals surface area contributed by atoms with Crippen molar-refractivity contribution in [3.63, 3.8) is 0 Å². The van der Waals surface area contributed by atoms with Crippen LogP contribution in [0, 0.1) is 12.3 Å². The van der Waals surface area contributed by atoms with Crippen LogP contribution in [0.25, 0.3) is 0 Å². The molecule has 1 amide bonds. The Bertz CT molecular complexity index is 678. The second-order valence-electron chi connectivity index (χ2n) is 6.73. The Labute approximate surface area is 186 Å². The molecule has 0 radical (unpaired) electrons. The van der Waals surface area contributed by atoms with Crippen LogP contribution in [0.1, 0.15) is 38.7 Å². The van der Waals surface area contributed by atoms with Gasteiger partial charge in [0.25, 0.3) is 0 Å². The minimum atomic E-state index is -0.167. The van der Waals surface area contributed by atoms with Gasteiger partial charge in [0.1, 0.15) is 6.54 Å². The number of terminal acetylenes is 1. The van der Waals surface area contributed by atoms with Crippen LogP contribution in [-0.4, -0.2) is 55.5 Å². The molecule has 0 bridgehead atoms. The number of piperidine rings is 1. The maximum atomic E-state index is 12.2. The predicted molar refractivity (Wildman–Crippen MR) is 127 cm³/mol. The van der Waals surface area contributed by atoms with Crippen LogP contribution in [-0.2, 0) is 4.79 Å². The summed E-state index contributed by atoms with van der Waals surface area (Å²) in [6, 6.07) is 7.63. The largest absolute Gasteiger partial charge is 0.357 e. The summed E-state index contributed by atoms with van der Waals surface area (Å²) < 4.78 is 0. The zero-order valence-electron chi connectivity index (χ0n) is 16.8. The number of guanidine groups is 1. The van der Waals surface area contributed by atoms with Crippen molar-refractivity contribution in [2.24, 2.45) is 4.99 Å². The van der Waals surface area contributed by atoms with Gasteiger partial charge in [-0.3, -0.25) is 4.79 Å². The van der Waals surface area contributed by atoms with Gasteiger partial charge in [-0.15, -0.1) is 30.4 Å². The van der Waals surface area contributed by atoms with Crippen molar-refractivity contribution >= 4 is 41.5 Å². The highest BCUT2D eigenvalue weighted by Gasteiger charge is 2.19. The monoisotopic (exact) mass is 497 g/mol. The summed E-state index contributed by atoms with van der Waals surface area (Å²) in [6.07, 6.45) is 8.77. The molecule has 6 nitrogen and oxygen atoms in total. The SMILES string of the molecule is C#Cc1cccc(NC(=O)CN=C(NCC)NC2CCN(CCC)CC2)c1.I. The number of carbonyl (C=O) groups excluding carboxylic acids is 1. The zero-order valence-corrected chi connectivity index (χ0v) is 19.2. The topological polar surface area (TPSA) is 68.8 Å². The normalized spacial score (nSPS) is 15.2. The van der Waals surface area contributed by atoms with Crippen LogP contribution in [0.15, 0.2) is 29.3 Å². The van der Waals surface area contributed by atoms with E-state index in [1.807, 2.05) is 25.1 Å². The molecule has 0 atom stereocenters. The summed E-state index contributed by atoms with van der Waals surface area (Å²) in [6.45, 7) is 8.44. The van der Waals surface area contributed by atoms with Gasteiger partial charge in [-0.25, -0.2) is 4.99 Å². The minimum Gasteiger partial charge on any atom is -0.357 e. The lowest BCUT2D eigenvalue weighted by Gasteiger charge is -2.32. The lowest BCUT2D eigenvalue weighted by atomic mass is 10.1. The van der Waals surface area contributed by atoms with Crippen LogP contribution >= 0.6 is 24.0 Å². The number of anilines is 1. The molecule has 1 fully saturated rings. The third-order valence-electron chi connectivity index (χ3n) is 4.51. The van der Waals surface area contributed by atoms with Gasteiger partial charge in [0, 0.05) is 36.9 Å². The molecule has 1 aliphatic heterocycles. The van der Waals surface area contributed by atoms with Gasteiger partial charge in [0.05, 0.1) is 0 Å². The molecule has 3 N–H and O–H groups in total. The van der Waals surface area contributed by atoms with Crippen LogP contribution < -0.4 is 16.0 Å². The number of halogens is 1. The Morgan fingerprint density at radius 2 is 2.07 bits per heavy atom. The fraction of sp³-hybridized carbons (Fsp3) is 0.524. The lowest BCUT2D eigenvalue weighted by molar-refractivity contribution is -0.114. The van der Waals surface area contributed by atoms with E-state index in [0.717, 1.165) is 38.0 Å². The van der Waals surface area contributed by atoms with E-state index in [4.69, 9.17) is 6.42 Å². The first-order valence-electron chi connectivity index (χ1n) is 9.78. The number of nitrogens with zero attached hydrogens (tertiary/aromatic N) is 2. The number of hydrogen-bond donors (Lipinski definition) is 3. The number of hydrogen-bond acceptors (Lipinski definition) is 3. The van der Waals surface area contributed by atoms with Crippen LogP contribution in [0.3, 0.4) is 0 Å². The average molecular weight is 497 g/mol. The van der Waals surface area contributed by atoms with Gasteiger partial charge in [-0.1, -0.05) is 18.9 Å². The van der Waals surface area contributed by atoms with Crippen molar-refractivity contribution in [1.82, 2.24) is 15.5 Å². The Balaban J connectivity index is 0.00000392. The molecule has 2 rings (SSSR count). The first-order valence-corrected chi connectivity index (χ1v) is 9.78. The van der Waals surface area contributed by atoms with E-state index in [2.05, 4.69) is 38.7 Å². The summed E-state index contributed by atoms with van der Waals surface area (Å²) in [7, 11) is 0. The second-order valence-corrected chi connectivity index (χ2v) is 6.73. The molecule has 0 spiro atoms. The molecule has 1 aliphatic rings. The van der Waals surface area contributed by atoms with E-state index in [0.29, 0.717) is 17.7 Å². The third-order valence-corrected chi connectivity index (χ3v) is 4.51. The first kappa shape index (κ1) is 24.2. The number of amides is 1. The number of nitrogens with one attached hydrogen (secondary N) is 3. The molecule has 1 heterocycles. The summed E-state index contributed by atoms with van der Waals surface area (Å²) in [5.41, 5.74) is 1.42. The number of likely N-dealkylation sites (tertiary alicyclic amines) is 1. The summed E-state index contributed by atoms with van der Waals surface area (Å²) in [4.78, 5) is 19.1. The lowest BCUT2D eigenvalue weighted by Crippen LogP contribution is -2.49. The van der Waals surface area contributed by atoms with Crippen molar-refractivity contribution in [1.29, 1.82) is 0 Å². The van der Waals surface area contributed by atoms with Gasteiger partial charge in [0.15, 0.2) is 5.96 Å². The highest BCUT2D eigenvalue weighted by Crippen LogP contribution is 2.11. The van der Waals surface area contributed by atoms with Crippen molar-refractivity contribution in [3.05, 3.63) is 29.8 Å². The van der Waals surface area contributed by atoms with Gasteiger partial charge in [-0.05, 0) is 50.9 Å². The molecule has 0 unspecified atom stereocenters. The van der Waals surface area contributed by atoms with E-state index in [-0.39, 0.29) is 36.4 Å². The molecule has 0 aromatic heterocycles. The smallest absolute Gasteiger partial charge is 0.246 e. The van der Waals surface area contributed by atoms with Gasteiger partial charge >= 0.3 is 0 Å². The maximum absolute atomic E-state index is 12.2. The fourth-order valence-electron chi connectivity index (χ4n) is 3.17. The molecule has 154 valence electrons. The van der Waals surface area contributed by atoms with E-state index < -0.39 is 0 Å². The van der Waals surface area contributed by atoms with Crippen LogP contribution in [0.4, 0.5) is 5.69 Å². The van der Waals surface area contributed by atoms with E-state index in [1.54, 1.807) is 6.07 Å². The van der Waals surface area contributed by atoms with E-state index in [1.165, 1.54) is 13.0 Å². The summed E-state index contributed by atoms with van der Waals surface area (Å²) in [5, 5.41) is 9.52. The minimum absolute atomic E-state index is 0. The van der Waals surface area contributed by atoms with Gasteiger partial charge < -0.3 is 20.9 Å². The average Bonchev–Trinajstić information content (AvgIpc) is 2.68. The Morgan fingerprint density at radius 1 is 1.32 bits per heavy atom. The molecule has 1 aromatic rings. The van der Waals surface area contributed by atoms with Gasteiger partial charge in [0.2, 0.25) is 5.91 Å². The summed E-state index contributed by atoms with van der Waals surface area (Å²) >= 11 is 0. The van der Waals surface area contributed by atoms with Crippen molar-refractivity contribution in [2.75, 3.05) is 38.0 Å². The third kappa shape index (κ3) is 8.48. The standard InChI is InChI=1S/C21H31N5O.HI/c1-4-12-26-13-10-18(11-14-26)25-21(22-6-3)23-16-20(27)24-19-9-7-8-17(5-2)15-19;/h2,7-9,15,18H,4,6,10-14,16H2,1,3H3,(H,24,27)(H2,22,23,25);1H. The van der Waals surface area contributed by atoms with Crippen molar-refractivity contribution in [3.8, 4) is 12.3 Å². The number of carbonyl (C=O) groups is 1. The van der Waals surface area contributed by atoms with Gasteiger partial charge in [-0.2, -0.15) is 0 Å². The molecule has 7 heteroatoms. The Hall–Kier alpha value is -1.79. The van der Waals surface area contributed by atoms with Crippen LogP contribution in [0.5, 0.6) is 0 Å². The van der Waals surface area contributed by atoms with E-state index >= 15 is 0 Å². The molecular formula is C21H32IN5O. The zero-order chi connectivity index (χ0) is 19.5. The predicted octanol–water partition coefficient (Wildman–Crippen LogP) is 2.65. The molecule has 28 heavy (non-hydrogen) atoms. The highest BCUT2D eigenvalue weighted by atomic mass is 127. The van der Waals surface area contributed by atoms with Crippen molar-refractivity contribution in [2.45, 2.75) is 39.2 Å². The first-order chi connectivity index (χ1) is 13.1. The quantitative estimate of drug-likeness (QED) is 0.235. The molecule has 1 saturated heterocycles. The van der Waals surface area contributed by atoms with E-state index in [9.17, 15) is 4.79 Å². The number of benzene rings is 1. The Morgan fingerprint density at radius 3 is 2.71 bits per heavy atom. The Kier molecular flexibility index (Phi) is 11.6. The molecule has 1 aromatic carbocycles. The number of rotatable bonds is 7. The molecular weight excluding hydrogens is 465 g/mol. The highest BCUT2D eigenvalue weighted by molar-refractivity contribution is 14.0. The maximum Gasteiger partial charge on any atom is 0.246 e. The molecule has 0 saturated carbocycles. The summed E-state index contributed by atoms with van der Waals surface area (Å²) in [5.74, 6) is 3.09. The second kappa shape index (κ2) is 13.4. The fourth-order valence-corrected chi connectivity index (χ4v) is 3.17.